The third kappa shape index (κ3) is 3.11. The van der Waals surface area contributed by atoms with Crippen LogP contribution in [0.5, 0.6) is 0 Å². The molecule has 5 rings (SSSR count). The number of aryl methyl sites for hydroxylation is 2. The molecule has 1 aliphatic rings. The summed E-state index contributed by atoms with van der Waals surface area (Å²) in [6, 6.07) is 7.72. The molecule has 0 unspecified atom stereocenters. The summed E-state index contributed by atoms with van der Waals surface area (Å²) in [6.07, 6.45) is -4.14. The number of carbonyl (C=O) groups excluding carboxylic acids is 1. The van der Waals surface area contributed by atoms with Crippen LogP contribution in [-0.4, -0.2) is 41.6 Å². The molecule has 0 aliphatic carbocycles. The van der Waals surface area contributed by atoms with Gasteiger partial charge in [-0.05, 0) is 38.0 Å². The van der Waals surface area contributed by atoms with Crippen LogP contribution in [-0.2, 0) is 23.9 Å². The van der Waals surface area contributed by atoms with E-state index in [4.69, 9.17) is 0 Å². The summed E-state index contributed by atoms with van der Waals surface area (Å²) < 4.78 is 42.0. The zero-order valence-corrected chi connectivity index (χ0v) is 16.8. The Bertz CT molecular complexity index is 1340. The van der Waals surface area contributed by atoms with Gasteiger partial charge in [0.25, 0.3) is 11.6 Å². The summed E-state index contributed by atoms with van der Waals surface area (Å²) in [4.78, 5) is 26.8. The highest BCUT2D eigenvalue weighted by molar-refractivity contribution is 5.95. The first kappa shape index (κ1) is 19.5. The Kier molecular flexibility index (Phi) is 4.24. The summed E-state index contributed by atoms with van der Waals surface area (Å²) in [6.45, 7) is 4.57. The first-order chi connectivity index (χ1) is 14.7. The van der Waals surface area contributed by atoms with E-state index >= 15 is 0 Å². The summed E-state index contributed by atoms with van der Waals surface area (Å²) >= 11 is 0. The van der Waals surface area contributed by atoms with Crippen molar-refractivity contribution in [2.45, 2.75) is 39.4 Å². The zero-order valence-electron chi connectivity index (χ0n) is 16.8. The highest BCUT2D eigenvalue weighted by atomic mass is 19.4. The van der Waals surface area contributed by atoms with E-state index in [0.717, 1.165) is 15.5 Å². The van der Waals surface area contributed by atoms with Gasteiger partial charge in [-0.15, -0.1) is 5.10 Å². The van der Waals surface area contributed by atoms with Crippen LogP contribution in [0.25, 0.3) is 16.8 Å². The number of para-hydroxylation sites is 2. The molecule has 11 heteroatoms. The van der Waals surface area contributed by atoms with Crippen molar-refractivity contribution in [2.75, 3.05) is 11.4 Å². The molecule has 4 aromatic rings. The summed E-state index contributed by atoms with van der Waals surface area (Å²) in [7, 11) is 0. The van der Waals surface area contributed by atoms with Crippen LogP contribution in [0.4, 0.5) is 19.1 Å². The van der Waals surface area contributed by atoms with Crippen molar-refractivity contribution in [3.05, 3.63) is 47.0 Å². The molecule has 1 aromatic carbocycles. The second kappa shape index (κ2) is 6.76. The van der Waals surface area contributed by atoms with E-state index in [2.05, 4.69) is 20.1 Å². The first-order valence-electron chi connectivity index (χ1n) is 9.79. The smallest absolute Gasteiger partial charge is 0.308 e. The van der Waals surface area contributed by atoms with Crippen molar-refractivity contribution < 1.29 is 18.0 Å². The number of anilines is 1. The average molecular weight is 429 g/mol. The molecule has 0 radical (unpaired) electrons. The fourth-order valence-electron chi connectivity index (χ4n) is 4.08. The van der Waals surface area contributed by atoms with Crippen LogP contribution in [0.15, 0.2) is 24.3 Å². The maximum absolute atomic E-state index is 13.0. The highest BCUT2D eigenvalue weighted by Gasteiger charge is 2.37. The van der Waals surface area contributed by atoms with Gasteiger partial charge in [-0.2, -0.15) is 18.2 Å². The maximum atomic E-state index is 13.0. The minimum absolute atomic E-state index is 0.0949. The average Bonchev–Trinajstić information content (AvgIpc) is 3.40. The molecule has 3 aromatic heterocycles. The number of rotatable bonds is 3. The maximum Gasteiger partial charge on any atom is 0.453 e. The van der Waals surface area contributed by atoms with Gasteiger partial charge in [0, 0.05) is 30.9 Å². The number of benzene rings is 1. The number of imidazole rings is 1. The van der Waals surface area contributed by atoms with Crippen LogP contribution in [0.3, 0.4) is 0 Å². The molecule has 1 amide bonds. The molecule has 0 atom stereocenters. The van der Waals surface area contributed by atoms with E-state index in [1.807, 2.05) is 28.8 Å². The highest BCUT2D eigenvalue weighted by Crippen LogP contribution is 2.29. The first-order valence-corrected chi connectivity index (χ1v) is 9.79. The van der Waals surface area contributed by atoms with E-state index in [-0.39, 0.29) is 18.1 Å². The van der Waals surface area contributed by atoms with Crippen molar-refractivity contribution in [2.24, 2.45) is 0 Å². The SMILES string of the molecule is Cc1nc2nc(C(F)(F)F)nn2c(C)c1CCC(=O)N1CCn2c1nc1ccccc12. The molecular formula is C20H18F3N7O. The van der Waals surface area contributed by atoms with Crippen molar-refractivity contribution in [1.82, 2.24) is 29.1 Å². The number of fused-ring (bicyclic) bond motifs is 4. The standard InChI is InChI=1S/C20H18F3N7O/c1-11-13(12(2)30-18(24-11)26-17(27-30)20(21,22)23)7-8-16(31)29-10-9-28-15-6-4-3-5-14(15)25-19(28)29/h3-6H,7-10H2,1-2H3. The van der Waals surface area contributed by atoms with Gasteiger partial charge in [0.05, 0.1) is 11.0 Å². The Morgan fingerprint density at radius 3 is 2.65 bits per heavy atom. The largest absolute Gasteiger partial charge is 0.453 e. The molecule has 1 aliphatic heterocycles. The number of hydrogen-bond donors (Lipinski definition) is 0. The molecule has 31 heavy (non-hydrogen) atoms. The molecular weight excluding hydrogens is 411 g/mol. The number of nitrogens with zero attached hydrogens (tertiary/aromatic N) is 7. The molecule has 0 N–H and O–H groups in total. The number of carbonyl (C=O) groups is 1. The van der Waals surface area contributed by atoms with E-state index in [0.29, 0.717) is 42.4 Å². The molecule has 4 heterocycles. The van der Waals surface area contributed by atoms with Gasteiger partial charge >= 0.3 is 6.18 Å². The minimum atomic E-state index is -4.65. The van der Waals surface area contributed by atoms with Crippen LogP contribution < -0.4 is 4.90 Å². The van der Waals surface area contributed by atoms with Gasteiger partial charge in [0.1, 0.15) is 0 Å². The number of amides is 1. The van der Waals surface area contributed by atoms with Crippen molar-refractivity contribution in [3.63, 3.8) is 0 Å². The molecule has 0 spiro atoms. The van der Waals surface area contributed by atoms with E-state index in [1.165, 1.54) is 0 Å². The number of halogens is 3. The fourth-order valence-corrected chi connectivity index (χ4v) is 4.08. The van der Waals surface area contributed by atoms with Crippen LogP contribution in [0, 0.1) is 13.8 Å². The molecule has 8 nitrogen and oxygen atoms in total. The summed E-state index contributed by atoms with van der Waals surface area (Å²) in [5.74, 6) is -0.806. The van der Waals surface area contributed by atoms with E-state index in [1.54, 1.807) is 18.7 Å². The second-order valence-corrected chi connectivity index (χ2v) is 7.50. The molecule has 0 saturated carbocycles. The normalized spacial score (nSPS) is 14.0. The monoisotopic (exact) mass is 429 g/mol. The number of alkyl halides is 3. The Balaban J connectivity index is 1.40. The number of aromatic nitrogens is 6. The quantitative estimate of drug-likeness (QED) is 0.500. The Morgan fingerprint density at radius 2 is 1.87 bits per heavy atom. The third-order valence-corrected chi connectivity index (χ3v) is 5.62. The van der Waals surface area contributed by atoms with Gasteiger partial charge in [-0.25, -0.2) is 14.5 Å². The zero-order chi connectivity index (χ0) is 21.9. The van der Waals surface area contributed by atoms with Gasteiger partial charge in [-0.1, -0.05) is 12.1 Å². The summed E-state index contributed by atoms with van der Waals surface area (Å²) in [5.41, 5.74) is 3.54. The van der Waals surface area contributed by atoms with Crippen molar-refractivity contribution in [1.29, 1.82) is 0 Å². The topological polar surface area (TPSA) is 81.2 Å². The predicted molar refractivity (Wildman–Crippen MR) is 106 cm³/mol. The number of hydrogen-bond acceptors (Lipinski definition) is 5. The van der Waals surface area contributed by atoms with E-state index < -0.39 is 12.0 Å². The van der Waals surface area contributed by atoms with Crippen LogP contribution in [0.1, 0.15) is 29.2 Å². The Labute approximate surface area is 174 Å². The fraction of sp³-hybridized carbons (Fsp3) is 0.350. The van der Waals surface area contributed by atoms with Crippen molar-refractivity contribution >= 4 is 28.7 Å². The van der Waals surface area contributed by atoms with Gasteiger partial charge < -0.3 is 4.57 Å². The lowest BCUT2D eigenvalue weighted by Crippen LogP contribution is -2.29. The minimum Gasteiger partial charge on any atom is -0.308 e. The molecule has 0 bridgehead atoms. The van der Waals surface area contributed by atoms with Gasteiger partial charge in [0.2, 0.25) is 11.9 Å². The van der Waals surface area contributed by atoms with Gasteiger partial charge in [0.15, 0.2) is 0 Å². The lowest BCUT2D eigenvalue weighted by molar-refractivity contribution is -0.144. The Hall–Kier alpha value is -3.50. The lowest BCUT2D eigenvalue weighted by atomic mass is 10.1. The molecule has 0 fully saturated rings. The van der Waals surface area contributed by atoms with Crippen LogP contribution >= 0.6 is 0 Å². The summed E-state index contributed by atoms with van der Waals surface area (Å²) in [5, 5.41) is 3.55. The van der Waals surface area contributed by atoms with E-state index in [9.17, 15) is 18.0 Å². The van der Waals surface area contributed by atoms with Gasteiger partial charge in [-0.3, -0.25) is 9.69 Å². The molecule has 160 valence electrons. The van der Waals surface area contributed by atoms with Crippen LogP contribution in [0.2, 0.25) is 0 Å². The Morgan fingerprint density at radius 1 is 1.10 bits per heavy atom. The van der Waals surface area contributed by atoms with Crippen molar-refractivity contribution in [3.8, 4) is 0 Å². The molecule has 0 saturated heterocycles. The second-order valence-electron chi connectivity index (χ2n) is 7.50. The third-order valence-electron chi connectivity index (χ3n) is 5.62. The lowest BCUT2D eigenvalue weighted by Gasteiger charge is -2.15. The predicted octanol–water partition coefficient (Wildman–Crippen LogP) is 3.09.